The molecule has 5 heteroatoms. The number of halogens is 2. The molecule has 2 saturated heterocycles. The Labute approximate surface area is 110 Å². The van der Waals surface area contributed by atoms with E-state index in [4.69, 9.17) is 0 Å². The first-order valence-electron chi connectivity index (χ1n) is 6.59. The first kappa shape index (κ1) is 12.8. The second-order valence-corrected chi connectivity index (χ2v) is 5.48. The van der Waals surface area contributed by atoms with Gasteiger partial charge in [0.1, 0.15) is 5.75 Å². The molecule has 2 heterocycles. The maximum atomic E-state index is 12.1. The molecule has 0 spiro atoms. The van der Waals surface area contributed by atoms with E-state index in [1.165, 1.54) is 12.1 Å². The summed E-state index contributed by atoms with van der Waals surface area (Å²) in [6.45, 7) is -2.82. The molecule has 104 valence electrons. The molecule has 0 saturated carbocycles. The summed E-state index contributed by atoms with van der Waals surface area (Å²) in [5.41, 5.74) is -0.0620. The number of hydrogen-bond donors (Lipinski definition) is 2. The number of hydrogen-bond acceptors (Lipinski definition) is 3. The van der Waals surface area contributed by atoms with Crippen LogP contribution in [-0.2, 0) is 5.60 Å². The van der Waals surface area contributed by atoms with Crippen LogP contribution in [0.1, 0.15) is 31.2 Å². The molecule has 2 aliphatic rings. The van der Waals surface area contributed by atoms with Crippen molar-refractivity contribution in [2.45, 2.75) is 50.0 Å². The Kier molecular flexibility index (Phi) is 3.19. The van der Waals surface area contributed by atoms with E-state index in [2.05, 4.69) is 10.1 Å². The zero-order chi connectivity index (χ0) is 13.5. The predicted molar refractivity (Wildman–Crippen MR) is 66.2 cm³/mol. The van der Waals surface area contributed by atoms with Gasteiger partial charge in [-0.15, -0.1) is 0 Å². The van der Waals surface area contributed by atoms with Gasteiger partial charge in [-0.05, 0) is 43.4 Å². The lowest BCUT2D eigenvalue weighted by Gasteiger charge is -2.37. The Morgan fingerprint density at radius 1 is 1.16 bits per heavy atom. The fourth-order valence-corrected chi connectivity index (χ4v) is 3.31. The number of ether oxygens (including phenoxy) is 1. The number of nitrogens with one attached hydrogen (secondary N) is 1. The molecule has 2 fully saturated rings. The Bertz CT molecular complexity index is 437. The molecular weight excluding hydrogens is 252 g/mol. The molecule has 0 radical (unpaired) electrons. The Hall–Kier alpha value is -1.20. The van der Waals surface area contributed by atoms with Gasteiger partial charge in [-0.1, -0.05) is 12.1 Å². The SMILES string of the molecule is OC1(c2ccc(OC(F)F)cc2)CC2CCC(C1)N2. The van der Waals surface area contributed by atoms with Crippen LogP contribution in [0.25, 0.3) is 0 Å². The highest BCUT2D eigenvalue weighted by atomic mass is 19.3. The summed E-state index contributed by atoms with van der Waals surface area (Å²) in [6.07, 6.45) is 3.55. The smallest absolute Gasteiger partial charge is 0.387 e. The molecule has 3 rings (SSSR count). The lowest BCUT2D eigenvalue weighted by Crippen LogP contribution is -2.46. The van der Waals surface area contributed by atoms with Gasteiger partial charge >= 0.3 is 6.61 Å². The first-order valence-corrected chi connectivity index (χ1v) is 6.59. The highest BCUT2D eigenvalue weighted by Gasteiger charge is 2.43. The summed E-state index contributed by atoms with van der Waals surface area (Å²) in [5.74, 6) is 0.124. The van der Waals surface area contributed by atoms with Gasteiger partial charge in [-0.3, -0.25) is 0 Å². The van der Waals surface area contributed by atoms with Crippen molar-refractivity contribution in [3.63, 3.8) is 0 Å². The van der Waals surface area contributed by atoms with E-state index in [0.29, 0.717) is 24.9 Å². The summed E-state index contributed by atoms with van der Waals surface area (Å²) in [7, 11) is 0. The fraction of sp³-hybridized carbons (Fsp3) is 0.571. The van der Waals surface area contributed by atoms with Crippen molar-refractivity contribution in [3.05, 3.63) is 29.8 Å². The minimum atomic E-state index is -2.82. The van der Waals surface area contributed by atoms with Crippen molar-refractivity contribution in [1.29, 1.82) is 0 Å². The van der Waals surface area contributed by atoms with Gasteiger partial charge in [-0.25, -0.2) is 0 Å². The second-order valence-electron chi connectivity index (χ2n) is 5.48. The number of rotatable bonds is 3. The number of piperidine rings is 1. The van der Waals surface area contributed by atoms with Crippen molar-refractivity contribution in [2.24, 2.45) is 0 Å². The van der Waals surface area contributed by atoms with Crippen molar-refractivity contribution in [1.82, 2.24) is 5.32 Å². The average Bonchev–Trinajstić information content (AvgIpc) is 2.69. The van der Waals surface area contributed by atoms with Crippen LogP contribution in [0.5, 0.6) is 5.75 Å². The van der Waals surface area contributed by atoms with Gasteiger partial charge in [0.15, 0.2) is 0 Å². The molecule has 19 heavy (non-hydrogen) atoms. The number of benzene rings is 1. The largest absolute Gasteiger partial charge is 0.435 e. The topological polar surface area (TPSA) is 41.5 Å². The summed E-state index contributed by atoms with van der Waals surface area (Å²) < 4.78 is 28.5. The Balaban J connectivity index is 1.78. The third kappa shape index (κ3) is 2.58. The van der Waals surface area contributed by atoms with Crippen LogP contribution in [-0.4, -0.2) is 23.8 Å². The zero-order valence-corrected chi connectivity index (χ0v) is 10.5. The van der Waals surface area contributed by atoms with E-state index in [-0.39, 0.29) is 5.75 Å². The number of fused-ring (bicyclic) bond motifs is 2. The third-order valence-corrected chi connectivity index (χ3v) is 4.12. The molecule has 0 aromatic heterocycles. The van der Waals surface area contributed by atoms with Gasteiger partial charge in [0.25, 0.3) is 0 Å². The predicted octanol–water partition coefficient (Wildman–Crippen LogP) is 2.39. The molecule has 2 aliphatic heterocycles. The van der Waals surface area contributed by atoms with E-state index < -0.39 is 12.2 Å². The van der Waals surface area contributed by atoms with Crippen LogP contribution >= 0.6 is 0 Å². The molecule has 0 amide bonds. The molecule has 1 aromatic carbocycles. The van der Waals surface area contributed by atoms with Crippen LogP contribution in [0.2, 0.25) is 0 Å². The number of alkyl halides is 2. The molecule has 2 bridgehead atoms. The normalized spacial score (nSPS) is 33.7. The number of aliphatic hydroxyl groups is 1. The molecule has 2 unspecified atom stereocenters. The van der Waals surface area contributed by atoms with Crippen molar-refractivity contribution >= 4 is 0 Å². The molecule has 2 N–H and O–H groups in total. The van der Waals surface area contributed by atoms with Gasteiger partial charge < -0.3 is 15.2 Å². The first-order chi connectivity index (χ1) is 9.05. The molecule has 1 aromatic rings. The van der Waals surface area contributed by atoms with Crippen molar-refractivity contribution < 1.29 is 18.6 Å². The van der Waals surface area contributed by atoms with E-state index in [0.717, 1.165) is 18.4 Å². The summed E-state index contributed by atoms with van der Waals surface area (Å²) in [6, 6.07) is 7.07. The lowest BCUT2D eigenvalue weighted by atomic mass is 9.81. The average molecular weight is 269 g/mol. The molecule has 0 aliphatic carbocycles. The van der Waals surface area contributed by atoms with Crippen molar-refractivity contribution in [3.8, 4) is 5.75 Å². The Morgan fingerprint density at radius 2 is 1.74 bits per heavy atom. The van der Waals surface area contributed by atoms with E-state index in [1.807, 2.05) is 0 Å². The van der Waals surface area contributed by atoms with Crippen LogP contribution in [0, 0.1) is 0 Å². The van der Waals surface area contributed by atoms with E-state index >= 15 is 0 Å². The van der Waals surface area contributed by atoms with E-state index in [1.54, 1.807) is 12.1 Å². The summed E-state index contributed by atoms with van der Waals surface area (Å²) in [5, 5.41) is 14.2. The minimum Gasteiger partial charge on any atom is -0.435 e. The van der Waals surface area contributed by atoms with Crippen LogP contribution in [0.15, 0.2) is 24.3 Å². The summed E-state index contributed by atoms with van der Waals surface area (Å²) in [4.78, 5) is 0. The second kappa shape index (κ2) is 4.72. The maximum Gasteiger partial charge on any atom is 0.387 e. The van der Waals surface area contributed by atoms with Gasteiger partial charge in [-0.2, -0.15) is 8.78 Å². The Morgan fingerprint density at radius 3 is 2.26 bits per heavy atom. The zero-order valence-electron chi connectivity index (χ0n) is 10.5. The fourth-order valence-electron chi connectivity index (χ4n) is 3.31. The highest BCUT2D eigenvalue weighted by Crippen LogP contribution is 2.40. The molecule has 2 atom stereocenters. The van der Waals surface area contributed by atoms with Gasteiger partial charge in [0.2, 0.25) is 0 Å². The van der Waals surface area contributed by atoms with E-state index in [9.17, 15) is 13.9 Å². The third-order valence-electron chi connectivity index (χ3n) is 4.12. The highest BCUT2D eigenvalue weighted by molar-refractivity contribution is 5.32. The molecular formula is C14H17F2NO2. The van der Waals surface area contributed by atoms with Crippen LogP contribution < -0.4 is 10.1 Å². The van der Waals surface area contributed by atoms with Crippen LogP contribution in [0.4, 0.5) is 8.78 Å². The lowest BCUT2D eigenvalue weighted by molar-refractivity contribution is -0.0499. The van der Waals surface area contributed by atoms with Crippen LogP contribution in [0.3, 0.4) is 0 Å². The quantitative estimate of drug-likeness (QED) is 0.885. The maximum absolute atomic E-state index is 12.1. The standard InChI is InChI=1S/C14H17F2NO2/c15-13(16)19-12-5-1-9(2-6-12)14(18)7-10-3-4-11(8-14)17-10/h1-2,5-6,10-11,13,17-18H,3-4,7-8H2. The minimum absolute atomic E-state index is 0.124. The van der Waals surface area contributed by atoms with Gasteiger partial charge in [0, 0.05) is 12.1 Å². The van der Waals surface area contributed by atoms with Gasteiger partial charge in [0.05, 0.1) is 5.60 Å². The van der Waals surface area contributed by atoms with Crippen molar-refractivity contribution in [2.75, 3.05) is 0 Å². The monoisotopic (exact) mass is 269 g/mol. The molecule has 3 nitrogen and oxygen atoms in total. The summed E-state index contributed by atoms with van der Waals surface area (Å²) >= 11 is 0.